The van der Waals surface area contributed by atoms with Gasteiger partial charge in [-0.25, -0.2) is 13.1 Å². The average Bonchev–Trinajstić information content (AvgIpc) is 2.37. The van der Waals surface area contributed by atoms with Crippen molar-refractivity contribution in [2.45, 2.75) is 25.5 Å². The first kappa shape index (κ1) is 15.1. The van der Waals surface area contributed by atoms with E-state index in [9.17, 15) is 8.42 Å². The van der Waals surface area contributed by atoms with Crippen molar-refractivity contribution >= 4 is 10.0 Å². The summed E-state index contributed by atoms with van der Waals surface area (Å²) in [6.07, 6.45) is 4.10. The third-order valence-electron chi connectivity index (χ3n) is 2.65. The first-order chi connectivity index (χ1) is 8.56. The van der Waals surface area contributed by atoms with Gasteiger partial charge < -0.3 is 5.32 Å². The van der Waals surface area contributed by atoms with Crippen LogP contribution < -0.4 is 10.0 Å². The van der Waals surface area contributed by atoms with Gasteiger partial charge >= 0.3 is 0 Å². The van der Waals surface area contributed by atoms with E-state index < -0.39 is 15.3 Å². The summed E-state index contributed by atoms with van der Waals surface area (Å²) in [4.78, 5) is 3.99. The SMILES string of the molecule is CCNCC(C)S(=O)(=O)NCCc1cccnc1. The van der Waals surface area contributed by atoms with Gasteiger partial charge in [0.25, 0.3) is 0 Å². The summed E-state index contributed by atoms with van der Waals surface area (Å²) in [6.45, 7) is 5.31. The van der Waals surface area contributed by atoms with Crippen molar-refractivity contribution in [2.75, 3.05) is 19.6 Å². The fraction of sp³-hybridized carbons (Fsp3) is 0.583. The van der Waals surface area contributed by atoms with Crippen molar-refractivity contribution in [1.82, 2.24) is 15.0 Å². The molecule has 0 aliphatic carbocycles. The number of pyridine rings is 1. The third-order valence-corrected chi connectivity index (χ3v) is 4.48. The molecule has 0 aliphatic heterocycles. The first-order valence-corrected chi connectivity index (χ1v) is 7.69. The molecule has 1 heterocycles. The van der Waals surface area contributed by atoms with Crippen LogP contribution in [0, 0.1) is 0 Å². The minimum atomic E-state index is -3.24. The monoisotopic (exact) mass is 271 g/mol. The molecule has 1 atom stereocenters. The second-order valence-corrected chi connectivity index (χ2v) is 6.35. The molecular formula is C12H21N3O2S. The van der Waals surface area contributed by atoms with Crippen LogP contribution in [0.3, 0.4) is 0 Å². The molecule has 0 aromatic carbocycles. The highest BCUT2D eigenvalue weighted by atomic mass is 32.2. The Morgan fingerprint density at radius 3 is 2.83 bits per heavy atom. The number of nitrogens with one attached hydrogen (secondary N) is 2. The summed E-state index contributed by atoms with van der Waals surface area (Å²) >= 11 is 0. The lowest BCUT2D eigenvalue weighted by atomic mass is 10.2. The molecule has 1 rings (SSSR count). The zero-order chi connectivity index (χ0) is 13.4. The standard InChI is InChI=1S/C12H21N3O2S/c1-3-13-9-11(2)18(16,17)15-8-6-12-5-4-7-14-10-12/h4-5,7,10-11,13,15H,3,6,8-9H2,1-2H3. The molecule has 102 valence electrons. The van der Waals surface area contributed by atoms with E-state index in [1.807, 2.05) is 19.1 Å². The summed E-state index contributed by atoms with van der Waals surface area (Å²) in [7, 11) is -3.24. The van der Waals surface area contributed by atoms with Crippen LogP contribution in [0.2, 0.25) is 0 Å². The molecular weight excluding hydrogens is 250 g/mol. The predicted molar refractivity (Wildman–Crippen MR) is 72.9 cm³/mol. The first-order valence-electron chi connectivity index (χ1n) is 6.14. The molecule has 0 spiro atoms. The smallest absolute Gasteiger partial charge is 0.215 e. The molecule has 5 nitrogen and oxygen atoms in total. The maximum Gasteiger partial charge on any atom is 0.215 e. The minimum absolute atomic E-state index is 0.407. The molecule has 0 aliphatic rings. The number of aromatic nitrogens is 1. The topological polar surface area (TPSA) is 71.1 Å². The Kier molecular flexibility index (Phi) is 6.24. The second kappa shape index (κ2) is 7.45. The molecule has 0 amide bonds. The largest absolute Gasteiger partial charge is 0.316 e. The van der Waals surface area contributed by atoms with Gasteiger partial charge in [0.1, 0.15) is 0 Å². The number of rotatable bonds is 8. The van der Waals surface area contributed by atoms with E-state index >= 15 is 0 Å². The van der Waals surface area contributed by atoms with Crippen molar-refractivity contribution in [3.05, 3.63) is 30.1 Å². The van der Waals surface area contributed by atoms with Crippen LogP contribution in [0.25, 0.3) is 0 Å². The Balaban J connectivity index is 2.38. The molecule has 2 N–H and O–H groups in total. The van der Waals surface area contributed by atoms with Crippen molar-refractivity contribution < 1.29 is 8.42 Å². The number of sulfonamides is 1. The van der Waals surface area contributed by atoms with Crippen LogP contribution in [0.1, 0.15) is 19.4 Å². The van der Waals surface area contributed by atoms with E-state index in [2.05, 4.69) is 15.0 Å². The van der Waals surface area contributed by atoms with Gasteiger partial charge in [0.05, 0.1) is 5.25 Å². The van der Waals surface area contributed by atoms with Crippen LogP contribution in [-0.2, 0) is 16.4 Å². The molecule has 6 heteroatoms. The molecule has 1 aromatic heterocycles. The zero-order valence-corrected chi connectivity index (χ0v) is 11.7. The summed E-state index contributed by atoms with van der Waals surface area (Å²) in [6, 6.07) is 3.78. The van der Waals surface area contributed by atoms with E-state index in [0.29, 0.717) is 19.5 Å². The normalized spacial score (nSPS) is 13.4. The Bertz CT molecular complexity index is 434. The fourth-order valence-corrected chi connectivity index (χ4v) is 2.49. The Hall–Kier alpha value is -0.980. The molecule has 0 bridgehead atoms. The summed E-state index contributed by atoms with van der Waals surface area (Å²) < 4.78 is 26.3. The van der Waals surface area contributed by atoms with Gasteiger partial charge in [-0.3, -0.25) is 4.98 Å². The van der Waals surface area contributed by atoms with Crippen molar-refractivity contribution in [3.63, 3.8) is 0 Å². The van der Waals surface area contributed by atoms with Gasteiger partial charge in [-0.2, -0.15) is 0 Å². The minimum Gasteiger partial charge on any atom is -0.316 e. The van der Waals surface area contributed by atoms with E-state index in [0.717, 1.165) is 12.1 Å². The van der Waals surface area contributed by atoms with Gasteiger partial charge in [0.15, 0.2) is 0 Å². The maximum absolute atomic E-state index is 11.9. The predicted octanol–water partition coefficient (Wildman–Crippen LogP) is 0.542. The van der Waals surface area contributed by atoms with Crippen LogP contribution >= 0.6 is 0 Å². The highest BCUT2D eigenvalue weighted by molar-refractivity contribution is 7.90. The molecule has 0 fully saturated rings. The van der Waals surface area contributed by atoms with Crippen LogP contribution in [-0.4, -0.2) is 38.3 Å². The second-order valence-electron chi connectivity index (χ2n) is 4.17. The average molecular weight is 271 g/mol. The number of hydrogen-bond donors (Lipinski definition) is 2. The van der Waals surface area contributed by atoms with Crippen LogP contribution in [0.15, 0.2) is 24.5 Å². The fourth-order valence-electron chi connectivity index (χ4n) is 1.48. The van der Waals surface area contributed by atoms with Gasteiger partial charge in [-0.1, -0.05) is 13.0 Å². The van der Waals surface area contributed by atoms with Crippen molar-refractivity contribution in [2.24, 2.45) is 0 Å². The quantitative estimate of drug-likeness (QED) is 0.724. The summed E-state index contributed by atoms with van der Waals surface area (Å²) in [5.41, 5.74) is 1.03. The van der Waals surface area contributed by atoms with Crippen molar-refractivity contribution in [3.8, 4) is 0 Å². The molecule has 1 unspecified atom stereocenters. The molecule has 0 saturated heterocycles. The summed E-state index contributed by atoms with van der Waals surface area (Å²) in [5.74, 6) is 0. The lowest BCUT2D eigenvalue weighted by Gasteiger charge is -2.14. The van der Waals surface area contributed by atoms with Gasteiger partial charge in [0, 0.05) is 25.5 Å². The zero-order valence-electron chi connectivity index (χ0n) is 10.9. The lowest BCUT2D eigenvalue weighted by Crippen LogP contribution is -2.39. The van der Waals surface area contributed by atoms with Crippen LogP contribution in [0.5, 0.6) is 0 Å². The highest BCUT2D eigenvalue weighted by Gasteiger charge is 2.19. The van der Waals surface area contributed by atoms with Gasteiger partial charge in [0.2, 0.25) is 10.0 Å². The molecule has 1 aromatic rings. The molecule has 0 saturated carbocycles. The third kappa shape index (κ3) is 5.12. The van der Waals surface area contributed by atoms with E-state index in [1.54, 1.807) is 19.3 Å². The number of nitrogens with zero attached hydrogens (tertiary/aromatic N) is 1. The van der Waals surface area contributed by atoms with E-state index in [-0.39, 0.29) is 0 Å². The lowest BCUT2D eigenvalue weighted by molar-refractivity contribution is 0.560. The maximum atomic E-state index is 11.9. The van der Waals surface area contributed by atoms with Gasteiger partial charge in [-0.15, -0.1) is 0 Å². The highest BCUT2D eigenvalue weighted by Crippen LogP contribution is 1.99. The summed E-state index contributed by atoms with van der Waals surface area (Å²) in [5, 5.41) is 2.61. The van der Waals surface area contributed by atoms with E-state index in [4.69, 9.17) is 0 Å². The van der Waals surface area contributed by atoms with E-state index in [1.165, 1.54) is 0 Å². The van der Waals surface area contributed by atoms with Crippen molar-refractivity contribution in [1.29, 1.82) is 0 Å². The Labute approximate surface area is 109 Å². The molecule has 18 heavy (non-hydrogen) atoms. The number of hydrogen-bond acceptors (Lipinski definition) is 4. The van der Waals surface area contributed by atoms with Crippen LogP contribution in [0.4, 0.5) is 0 Å². The Morgan fingerprint density at radius 1 is 1.44 bits per heavy atom. The molecule has 0 radical (unpaired) electrons. The Morgan fingerprint density at radius 2 is 2.22 bits per heavy atom. The van der Waals surface area contributed by atoms with Gasteiger partial charge in [-0.05, 0) is 31.5 Å².